The van der Waals surface area contributed by atoms with Crippen LogP contribution in [0.1, 0.15) is 37.5 Å². The van der Waals surface area contributed by atoms with E-state index in [0.29, 0.717) is 36.1 Å². The number of hydrogen-bond acceptors (Lipinski definition) is 6. The van der Waals surface area contributed by atoms with Crippen molar-refractivity contribution >= 4 is 28.4 Å². The van der Waals surface area contributed by atoms with Crippen LogP contribution >= 0.6 is 0 Å². The Labute approximate surface area is 282 Å². The number of amides is 2. The molecule has 3 aromatic carbocycles. The van der Waals surface area contributed by atoms with Gasteiger partial charge < -0.3 is 23.8 Å². The fourth-order valence-electron chi connectivity index (χ4n) is 5.96. The summed E-state index contributed by atoms with van der Waals surface area (Å²) < 4.78 is 52.0. The molecule has 1 fully saturated rings. The van der Waals surface area contributed by atoms with Gasteiger partial charge in [0.15, 0.2) is 0 Å². The predicted octanol–water partition coefficient (Wildman–Crippen LogP) is 6.94. The molecule has 49 heavy (non-hydrogen) atoms. The number of rotatable bonds is 8. The van der Waals surface area contributed by atoms with Gasteiger partial charge in [-0.15, -0.1) is 0 Å². The van der Waals surface area contributed by atoms with Crippen molar-refractivity contribution in [2.75, 3.05) is 45.2 Å². The first kappa shape index (κ1) is 33.5. The van der Waals surface area contributed by atoms with Crippen molar-refractivity contribution in [1.82, 2.24) is 19.4 Å². The standard InChI is InChI=1S/C37H36F3N5O4/c1-24-30-21-32(36(47)45-19-17-44(18-20-45)23-25-5-12-29(48-4)13-6-25)43(3)31(30)14-15-33(24)49-34-16-11-28(22-41-34)42(2)35(46)26-7-9-27(10-8-26)37(38,39)40/h5-16,21-22H,17-20,23H2,1-4H3. The first-order valence-electron chi connectivity index (χ1n) is 15.8. The van der Waals surface area contributed by atoms with E-state index in [1.807, 2.05) is 53.8 Å². The zero-order chi connectivity index (χ0) is 34.9. The molecule has 0 aliphatic carbocycles. The van der Waals surface area contributed by atoms with Crippen LogP contribution < -0.4 is 14.4 Å². The minimum Gasteiger partial charge on any atom is -0.497 e. The number of benzene rings is 3. The number of halogens is 3. The number of pyridine rings is 1. The molecule has 9 nitrogen and oxygen atoms in total. The summed E-state index contributed by atoms with van der Waals surface area (Å²) in [6.45, 7) is 5.58. The van der Waals surface area contributed by atoms with E-state index in [0.717, 1.165) is 66.1 Å². The number of carbonyl (C=O) groups is 2. The third-order valence-electron chi connectivity index (χ3n) is 8.98. The van der Waals surface area contributed by atoms with Crippen LogP contribution in [0.3, 0.4) is 0 Å². The fourth-order valence-corrected chi connectivity index (χ4v) is 5.96. The number of piperazine rings is 1. The van der Waals surface area contributed by atoms with Crippen LogP contribution in [-0.4, -0.2) is 71.5 Å². The molecular formula is C37H36F3N5O4. The summed E-state index contributed by atoms with van der Waals surface area (Å²) in [5, 5.41) is 0.889. The number of aromatic nitrogens is 2. The van der Waals surface area contributed by atoms with E-state index in [9.17, 15) is 22.8 Å². The van der Waals surface area contributed by atoms with Gasteiger partial charge in [-0.1, -0.05) is 12.1 Å². The van der Waals surface area contributed by atoms with Gasteiger partial charge in [0.05, 0.1) is 24.6 Å². The molecular weight excluding hydrogens is 635 g/mol. The van der Waals surface area contributed by atoms with Crippen molar-refractivity contribution < 1.29 is 32.2 Å². The molecule has 0 N–H and O–H groups in total. The Morgan fingerprint density at radius 2 is 1.61 bits per heavy atom. The van der Waals surface area contributed by atoms with Gasteiger partial charge in [-0.05, 0) is 73.2 Å². The molecule has 6 rings (SSSR count). The lowest BCUT2D eigenvalue weighted by atomic mass is 10.1. The maximum atomic E-state index is 13.7. The zero-order valence-electron chi connectivity index (χ0n) is 27.6. The van der Waals surface area contributed by atoms with Gasteiger partial charge in [-0.25, -0.2) is 4.98 Å². The van der Waals surface area contributed by atoms with E-state index in [-0.39, 0.29) is 11.5 Å². The van der Waals surface area contributed by atoms with Gasteiger partial charge in [0.1, 0.15) is 17.2 Å². The van der Waals surface area contributed by atoms with Crippen LogP contribution in [0.25, 0.3) is 10.9 Å². The highest BCUT2D eigenvalue weighted by Gasteiger charge is 2.30. The molecule has 0 saturated carbocycles. The molecule has 2 aromatic heterocycles. The van der Waals surface area contributed by atoms with E-state index in [1.165, 1.54) is 23.7 Å². The van der Waals surface area contributed by atoms with E-state index >= 15 is 0 Å². The molecule has 0 atom stereocenters. The lowest BCUT2D eigenvalue weighted by Gasteiger charge is -2.34. The molecule has 0 bridgehead atoms. The van der Waals surface area contributed by atoms with Crippen molar-refractivity contribution in [3.05, 3.63) is 113 Å². The number of carbonyl (C=O) groups excluding carboxylic acids is 2. The number of anilines is 1. The summed E-state index contributed by atoms with van der Waals surface area (Å²) >= 11 is 0. The van der Waals surface area contributed by atoms with E-state index in [1.54, 1.807) is 19.2 Å². The summed E-state index contributed by atoms with van der Waals surface area (Å²) in [6.07, 6.45) is -3.02. The van der Waals surface area contributed by atoms with Gasteiger partial charge in [0, 0.05) is 74.9 Å². The first-order valence-corrected chi connectivity index (χ1v) is 15.8. The Morgan fingerprint density at radius 3 is 2.22 bits per heavy atom. The van der Waals surface area contributed by atoms with Crippen molar-refractivity contribution in [3.8, 4) is 17.4 Å². The fraction of sp³-hybridized carbons (Fsp3) is 0.270. The predicted molar refractivity (Wildman–Crippen MR) is 180 cm³/mol. The molecule has 12 heteroatoms. The molecule has 0 unspecified atom stereocenters. The first-order chi connectivity index (χ1) is 23.4. The summed E-state index contributed by atoms with van der Waals surface area (Å²) in [5.74, 6) is 1.20. The van der Waals surface area contributed by atoms with Gasteiger partial charge in [-0.2, -0.15) is 13.2 Å². The van der Waals surface area contributed by atoms with Crippen LogP contribution in [0.15, 0.2) is 85.1 Å². The number of aryl methyl sites for hydroxylation is 2. The molecule has 5 aromatic rings. The van der Waals surface area contributed by atoms with Crippen LogP contribution in [-0.2, 0) is 19.8 Å². The summed E-state index contributed by atoms with van der Waals surface area (Å²) in [4.78, 5) is 36.4. The van der Waals surface area contributed by atoms with E-state index in [4.69, 9.17) is 9.47 Å². The third kappa shape index (κ3) is 7.09. The molecule has 0 spiro atoms. The molecule has 0 radical (unpaired) electrons. The minimum atomic E-state index is -4.48. The van der Waals surface area contributed by atoms with Crippen LogP contribution in [0.4, 0.5) is 18.9 Å². The highest BCUT2D eigenvalue weighted by atomic mass is 19.4. The SMILES string of the molecule is COc1ccc(CN2CCN(C(=O)c3cc4c(C)c(Oc5ccc(N(C)C(=O)c6ccc(C(F)(F)F)cc6)cn5)ccc4n3C)CC2)cc1. The molecule has 1 aliphatic heterocycles. The smallest absolute Gasteiger partial charge is 0.416 e. The maximum absolute atomic E-state index is 13.7. The molecule has 1 aliphatic rings. The number of alkyl halides is 3. The van der Waals surface area contributed by atoms with Gasteiger partial charge in [-0.3, -0.25) is 14.5 Å². The lowest BCUT2D eigenvalue weighted by Crippen LogP contribution is -2.48. The monoisotopic (exact) mass is 671 g/mol. The van der Waals surface area contributed by atoms with Crippen molar-refractivity contribution in [3.63, 3.8) is 0 Å². The largest absolute Gasteiger partial charge is 0.497 e. The van der Waals surface area contributed by atoms with Crippen molar-refractivity contribution in [1.29, 1.82) is 0 Å². The average Bonchev–Trinajstić information content (AvgIpc) is 3.45. The van der Waals surface area contributed by atoms with Crippen molar-refractivity contribution in [2.24, 2.45) is 7.05 Å². The second-order valence-corrected chi connectivity index (χ2v) is 12.0. The molecule has 2 amide bonds. The number of hydrogen-bond donors (Lipinski definition) is 0. The van der Waals surface area contributed by atoms with Crippen LogP contribution in [0, 0.1) is 6.92 Å². The number of fused-ring (bicyclic) bond motifs is 1. The summed E-state index contributed by atoms with van der Waals surface area (Å²) in [7, 11) is 5.06. The minimum absolute atomic E-state index is 0.0168. The lowest BCUT2D eigenvalue weighted by molar-refractivity contribution is -0.137. The topological polar surface area (TPSA) is 80.1 Å². The van der Waals surface area contributed by atoms with Crippen LogP contribution in [0.2, 0.25) is 0 Å². The molecule has 3 heterocycles. The van der Waals surface area contributed by atoms with Gasteiger partial charge in [0.25, 0.3) is 11.8 Å². The van der Waals surface area contributed by atoms with E-state index < -0.39 is 17.6 Å². The Kier molecular flexibility index (Phi) is 9.33. The van der Waals surface area contributed by atoms with Gasteiger partial charge >= 0.3 is 6.18 Å². The zero-order valence-corrected chi connectivity index (χ0v) is 27.6. The number of nitrogens with zero attached hydrogens (tertiary/aromatic N) is 5. The summed E-state index contributed by atoms with van der Waals surface area (Å²) in [6, 6.07) is 21.0. The van der Waals surface area contributed by atoms with Gasteiger partial charge in [0.2, 0.25) is 5.88 Å². The Balaban J connectivity index is 1.10. The highest BCUT2D eigenvalue weighted by molar-refractivity contribution is 6.05. The quantitative estimate of drug-likeness (QED) is 0.178. The second-order valence-electron chi connectivity index (χ2n) is 12.0. The average molecular weight is 672 g/mol. The Morgan fingerprint density at radius 1 is 0.918 bits per heavy atom. The third-order valence-corrected chi connectivity index (χ3v) is 8.98. The molecule has 254 valence electrons. The Bertz CT molecular complexity index is 1970. The normalized spacial score (nSPS) is 13.8. The Hall–Kier alpha value is -5.36. The molecule has 1 saturated heterocycles. The van der Waals surface area contributed by atoms with Crippen molar-refractivity contribution in [2.45, 2.75) is 19.6 Å². The van der Waals surface area contributed by atoms with E-state index in [2.05, 4.69) is 22.0 Å². The number of ether oxygens (including phenoxy) is 2. The maximum Gasteiger partial charge on any atom is 0.416 e. The van der Waals surface area contributed by atoms with Crippen LogP contribution in [0.5, 0.6) is 17.4 Å². The second kappa shape index (κ2) is 13.6. The summed E-state index contributed by atoms with van der Waals surface area (Å²) in [5.41, 5.74) is 3.28. The highest BCUT2D eigenvalue weighted by Crippen LogP contribution is 2.33. The number of methoxy groups -OCH3 is 1.